The number of benzene rings is 2. The van der Waals surface area contributed by atoms with Crippen molar-refractivity contribution in [3.63, 3.8) is 0 Å². The van der Waals surface area contributed by atoms with Crippen LogP contribution in [0.15, 0.2) is 54.9 Å². The van der Waals surface area contributed by atoms with E-state index in [0.29, 0.717) is 5.69 Å². The molecular weight excluding hydrogens is 298 g/mol. The zero-order valence-corrected chi connectivity index (χ0v) is 13.4. The van der Waals surface area contributed by atoms with Gasteiger partial charge in [-0.1, -0.05) is 23.8 Å². The molecule has 0 aliphatic heterocycles. The largest absolute Gasteiger partial charge is 0.334 e. The minimum atomic E-state index is 0.395. The molecule has 116 valence electrons. The van der Waals surface area contributed by atoms with Crippen molar-refractivity contribution in [1.29, 1.82) is 5.26 Å². The van der Waals surface area contributed by atoms with Crippen molar-refractivity contribution in [2.24, 2.45) is 7.05 Å². The first-order valence-electron chi connectivity index (χ1n) is 7.64. The Labute approximate surface area is 139 Å². The van der Waals surface area contributed by atoms with Crippen LogP contribution in [-0.2, 0) is 7.05 Å². The van der Waals surface area contributed by atoms with Crippen LogP contribution in [0.5, 0.6) is 0 Å². The molecule has 0 aliphatic carbocycles. The average molecular weight is 313 g/mol. The zero-order chi connectivity index (χ0) is 16.7. The van der Waals surface area contributed by atoms with Crippen LogP contribution < -0.4 is 0 Å². The van der Waals surface area contributed by atoms with Gasteiger partial charge in [0.05, 0.1) is 28.7 Å². The number of fused-ring (bicyclic) bond motifs is 1. The van der Waals surface area contributed by atoms with Gasteiger partial charge in [0, 0.05) is 18.7 Å². The Hall–Kier alpha value is -3.39. The summed E-state index contributed by atoms with van der Waals surface area (Å²) in [4.78, 5) is 4.41. The molecule has 0 amide bonds. The van der Waals surface area contributed by atoms with Gasteiger partial charge in [-0.05, 0) is 31.2 Å². The van der Waals surface area contributed by atoms with Crippen molar-refractivity contribution in [2.75, 3.05) is 0 Å². The van der Waals surface area contributed by atoms with Crippen molar-refractivity contribution >= 4 is 11.0 Å². The second-order valence-corrected chi connectivity index (χ2v) is 5.83. The number of hydrogen-bond acceptors (Lipinski definition) is 3. The SMILES string of the molecule is Cc1ccc(-n2nc(C#N)cc2-c2ccc3c(c2)ncn3C)cc1. The lowest BCUT2D eigenvalue weighted by Crippen LogP contribution is -1.99. The third-order valence-corrected chi connectivity index (χ3v) is 4.12. The number of hydrogen-bond donors (Lipinski definition) is 0. The predicted octanol–water partition coefficient (Wildman–Crippen LogP) is 3.61. The molecule has 0 unspecified atom stereocenters. The maximum absolute atomic E-state index is 9.25. The number of aromatic nitrogens is 4. The molecule has 2 heterocycles. The summed E-state index contributed by atoms with van der Waals surface area (Å²) in [5, 5.41) is 13.7. The van der Waals surface area contributed by atoms with Crippen LogP contribution in [0.4, 0.5) is 0 Å². The molecule has 0 spiro atoms. The summed E-state index contributed by atoms with van der Waals surface area (Å²) in [5.74, 6) is 0. The molecule has 0 bridgehead atoms. The molecule has 0 saturated carbocycles. The number of aryl methyl sites for hydroxylation is 2. The summed E-state index contributed by atoms with van der Waals surface area (Å²) < 4.78 is 3.79. The molecule has 5 nitrogen and oxygen atoms in total. The zero-order valence-electron chi connectivity index (χ0n) is 13.4. The number of rotatable bonds is 2. The Morgan fingerprint density at radius 3 is 2.58 bits per heavy atom. The van der Waals surface area contributed by atoms with Gasteiger partial charge in [-0.3, -0.25) is 0 Å². The number of nitriles is 1. The van der Waals surface area contributed by atoms with Gasteiger partial charge < -0.3 is 4.57 Å². The van der Waals surface area contributed by atoms with E-state index >= 15 is 0 Å². The van der Waals surface area contributed by atoms with Crippen LogP contribution in [0.3, 0.4) is 0 Å². The van der Waals surface area contributed by atoms with Gasteiger partial charge in [0.25, 0.3) is 0 Å². The lowest BCUT2D eigenvalue weighted by molar-refractivity contribution is 0.880. The predicted molar refractivity (Wildman–Crippen MR) is 92.7 cm³/mol. The Balaban J connectivity index is 1.91. The van der Waals surface area contributed by atoms with Crippen molar-refractivity contribution in [1.82, 2.24) is 19.3 Å². The molecule has 5 heteroatoms. The van der Waals surface area contributed by atoms with E-state index in [1.807, 2.05) is 71.8 Å². The summed E-state index contributed by atoms with van der Waals surface area (Å²) in [7, 11) is 1.97. The second-order valence-electron chi connectivity index (χ2n) is 5.83. The van der Waals surface area contributed by atoms with Crippen molar-refractivity contribution in [3.05, 3.63) is 66.1 Å². The second kappa shape index (κ2) is 5.36. The van der Waals surface area contributed by atoms with Gasteiger partial charge in [-0.15, -0.1) is 0 Å². The lowest BCUT2D eigenvalue weighted by atomic mass is 10.1. The molecule has 0 radical (unpaired) electrons. The van der Waals surface area contributed by atoms with Gasteiger partial charge in [0.2, 0.25) is 0 Å². The van der Waals surface area contributed by atoms with Crippen LogP contribution in [0, 0.1) is 18.3 Å². The van der Waals surface area contributed by atoms with Gasteiger partial charge in [0.15, 0.2) is 5.69 Å². The quantitative estimate of drug-likeness (QED) is 0.568. The van der Waals surface area contributed by atoms with Crippen LogP contribution in [0.1, 0.15) is 11.3 Å². The minimum Gasteiger partial charge on any atom is -0.334 e. The Morgan fingerprint density at radius 2 is 1.83 bits per heavy atom. The highest BCUT2D eigenvalue weighted by molar-refractivity contribution is 5.81. The summed E-state index contributed by atoms with van der Waals surface area (Å²) in [6.07, 6.45) is 1.80. The molecule has 0 aliphatic rings. The number of nitrogens with zero attached hydrogens (tertiary/aromatic N) is 5. The highest BCUT2D eigenvalue weighted by atomic mass is 15.3. The standard InChI is InChI=1S/C19H15N5/c1-13-3-6-16(7-4-13)24-19(10-15(11-20)22-24)14-5-8-18-17(9-14)21-12-23(18)2/h3-10,12H,1-2H3. The highest BCUT2D eigenvalue weighted by Gasteiger charge is 2.13. The third kappa shape index (κ3) is 2.25. The molecule has 0 N–H and O–H groups in total. The first-order chi connectivity index (χ1) is 11.7. The normalized spacial score (nSPS) is 10.9. The van der Waals surface area contributed by atoms with Crippen LogP contribution in [-0.4, -0.2) is 19.3 Å². The fourth-order valence-corrected chi connectivity index (χ4v) is 2.82. The topological polar surface area (TPSA) is 59.4 Å². The molecule has 0 saturated heterocycles. The molecule has 4 rings (SSSR count). The molecule has 2 aromatic carbocycles. The van der Waals surface area contributed by atoms with E-state index in [4.69, 9.17) is 0 Å². The van der Waals surface area contributed by atoms with Crippen LogP contribution >= 0.6 is 0 Å². The maximum atomic E-state index is 9.25. The first-order valence-corrected chi connectivity index (χ1v) is 7.64. The molecule has 2 aromatic heterocycles. The Morgan fingerprint density at radius 1 is 1.04 bits per heavy atom. The average Bonchev–Trinajstić information content (AvgIpc) is 3.19. The summed E-state index contributed by atoms with van der Waals surface area (Å²) in [6.45, 7) is 2.05. The van der Waals surface area contributed by atoms with Crippen molar-refractivity contribution in [3.8, 4) is 23.0 Å². The summed E-state index contributed by atoms with van der Waals surface area (Å²) in [5.41, 5.74) is 6.36. The lowest BCUT2D eigenvalue weighted by Gasteiger charge is -2.08. The van der Waals surface area contributed by atoms with Crippen LogP contribution in [0.25, 0.3) is 28.0 Å². The van der Waals surface area contributed by atoms with Crippen molar-refractivity contribution < 1.29 is 0 Å². The third-order valence-electron chi connectivity index (χ3n) is 4.12. The van der Waals surface area contributed by atoms with E-state index in [2.05, 4.69) is 16.2 Å². The first kappa shape index (κ1) is 14.2. The van der Waals surface area contributed by atoms with Gasteiger partial charge in [-0.25, -0.2) is 9.67 Å². The van der Waals surface area contributed by atoms with E-state index in [9.17, 15) is 5.26 Å². The Kier molecular flexibility index (Phi) is 3.17. The molecule has 0 fully saturated rings. The van der Waals surface area contributed by atoms with E-state index in [1.165, 1.54) is 5.56 Å². The minimum absolute atomic E-state index is 0.395. The van der Waals surface area contributed by atoms with E-state index in [-0.39, 0.29) is 0 Å². The van der Waals surface area contributed by atoms with E-state index in [1.54, 1.807) is 6.33 Å². The monoisotopic (exact) mass is 313 g/mol. The molecule has 0 atom stereocenters. The van der Waals surface area contributed by atoms with Gasteiger partial charge >= 0.3 is 0 Å². The maximum Gasteiger partial charge on any atom is 0.163 e. The van der Waals surface area contributed by atoms with Crippen LogP contribution in [0.2, 0.25) is 0 Å². The Bertz CT molecular complexity index is 1080. The van der Waals surface area contributed by atoms with E-state index in [0.717, 1.165) is 28.0 Å². The van der Waals surface area contributed by atoms with Gasteiger partial charge in [-0.2, -0.15) is 10.4 Å². The summed E-state index contributed by atoms with van der Waals surface area (Å²) in [6, 6.07) is 18.1. The number of imidazole rings is 1. The highest BCUT2D eigenvalue weighted by Crippen LogP contribution is 2.27. The fourth-order valence-electron chi connectivity index (χ4n) is 2.82. The van der Waals surface area contributed by atoms with Crippen molar-refractivity contribution in [2.45, 2.75) is 6.92 Å². The van der Waals surface area contributed by atoms with Gasteiger partial charge in [0.1, 0.15) is 6.07 Å². The smallest absolute Gasteiger partial charge is 0.163 e. The fraction of sp³-hybridized carbons (Fsp3) is 0.105. The summed E-state index contributed by atoms with van der Waals surface area (Å²) >= 11 is 0. The van der Waals surface area contributed by atoms with E-state index < -0.39 is 0 Å². The molecular formula is C19H15N5. The molecule has 4 aromatic rings. The molecule has 24 heavy (non-hydrogen) atoms.